The number of carbonyl (C=O) groups excluding carboxylic acids is 1. The van der Waals surface area contributed by atoms with Crippen molar-refractivity contribution in [3.63, 3.8) is 0 Å². The van der Waals surface area contributed by atoms with Crippen molar-refractivity contribution in [1.29, 1.82) is 5.26 Å². The quantitative estimate of drug-likeness (QED) is 0.348. The number of piperazine rings is 1. The minimum absolute atomic E-state index is 0.110. The van der Waals surface area contributed by atoms with Gasteiger partial charge < -0.3 is 10.2 Å². The standard InChI is InChI=1S/C28H27BrN4O/c1-21-18-25(29)12-13-26(21)31-20-24(19-30)28(34)33-16-14-32(15-17-33)27(22-8-4-2-5-9-22)23-10-6-3-7-11-23/h2-13,18,20,27,31H,14-17H2,1H3/b24-20-. The lowest BCUT2D eigenvalue weighted by Gasteiger charge is -2.39. The maximum atomic E-state index is 13.1. The average molecular weight is 515 g/mol. The summed E-state index contributed by atoms with van der Waals surface area (Å²) in [5.74, 6) is -0.236. The third-order valence-electron chi connectivity index (χ3n) is 6.11. The molecule has 1 aliphatic heterocycles. The Kier molecular flexibility index (Phi) is 7.79. The molecule has 3 aromatic carbocycles. The number of carbonyl (C=O) groups is 1. The lowest BCUT2D eigenvalue weighted by atomic mass is 9.96. The van der Waals surface area contributed by atoms with Gasteiger partial charge in [-0.15, -0.1) is 0 Å². The minimum Gasteiger partial charge on any atom is -0.360 e. The first-order chi connectivity index (χ1) is 16.6. The first-order valence-corrected chi connectivity index (χ1v) is 12.1. The molecule has 0 spiro atoms. The van der Waals surface area contributed by atoms with Gasteiger partial charge in [0.25, 0.3) is 5.91 Å². The summed E-state index contributed by atoms with van der Waals surface area (Å²) in [6.07, 6.45) is 1.52. The molecule has 1 amide bonds. The molecule has 172 valence electrons. The maximum absolute atomic E-state index is 13.1. The van der Waals surface area contributed by atoms with Crippen LogP contribution in [0.4, 0.5) is 5.69 Å². The van der Waals surface area contributed by atoms with Crippen molar-refractivity contribution < 1.29 is 4.79 Å². The van der Waals surface area contributed by atoms with Crippen LogP contribution in [-0.2, 0) is 4.79 Å². The fourth-order valence-electron chi connectivity index (χ4n) is 4.32. The Balaban J connectivity index is 1.45. The molecule has 1 saturated heterocycles. The Morgan fingerprint density at radius 3 is 2.09 bits per heavy atom. The molecule has 0 aliphatic carbocycles. The highest BCUT2D eigenvalue weighted by atomic mass is 79.9. The Bertz CT molecular complexity index is 1160. The van der Waals surface area contributed by atoms with Gasteiger partial charge in [0, 0.05) is 42.5 Å². The maximum Gasteiger partial charge on any atom is 0.266 e. The Hall–Kier alpha value is -3.40. The van der Waals surface area contributed by atoms with Gasteiger partial charge in [-0.2, -0.15) is 5.26 Å². The number of benzene rings is 3. The number of anilines is 1. The molecule has 1 N–H and O–H groups in total. The largest absolute Gasteiger partial charge is 0.360 e. The molecular weight excluding hydrogens is 488 g/mol. The summed E-state index contributed by atoms with van der Waals surface area (Å²) in [5, 5.41) is 12.8. The summed E-state index contributed by atoms with van der Waals surface area (Å²) >= 11 is 3.45. The first kappa shape index (κ1) is 23.7. The van der Waals surface area contributed by atoms with Crippen LogP contribution in [0, 0.1) is 18.3 Å². The molecule has 0 bridgehead atoms. The van der Waals surface area contributed by atoms with Gasteiger partial charge in [0.15, 0.2) is 0 Å². The molecule has 0 saturated carbocycles. The number of hydrogen-bond donors (Lipinski definition) is 1. The highest BCUT2D eigenvalue weighted by molar-refractivity contribution is 9.10. The number of nitriles is 1. The van der Waals surface area contributed by atoms with Crippen LogP contribution in [0.2, 0.25) is 0 Å². The van der Waals surface area contributed by atoms with Crippen molar-refractivity contribution in [2.45, 2.75) is 13.0 Å². The third-order valence-corrected chi connectivity index (χ3v) is 6.60. The van der Waals surface area contributed by atoms with E-state index in [1.807, 2.05) is 37.3 Å². The van der Waals surface area contributed by atoms with E-state index in [4.69, 9.17) is 0 Å². The molecule has 1 heterocycles. The lowest BCUT2D eigenvalue weighted by molar-refractivity contribution is -0.128. The van der Waals surface area contributed by atoms with Gasteiger partial charge >= 0.3 is 0 Å². The molecule has 1 fully saturated rings. The van der Waals surface area contributed by atoms with Gasteiger partial charge in [-0.25, -0.2) is 0 Å². The number of nitrogens with one attached hydrogen (secondary N) is 1. The van der Waals surface area contributed by atoms with E-state index >= 15 is 0 Å². The molecule has 34 heavy (non-hydrogen) atoms. The smallest absolute Gasteiger partial charge is 0.266 e. The molecule has 0 unspecified atom stereocenters. The van der Waals surface area contributed by atoms with E-state index in [1.165, 1.54) is 17.3 Å². The fraction of sp³-hybridized carbons (Fsp3) is 0.214. The normalized spacial score (nSPS) is 14.6. The van der Waals surface area contributed by atoms with Gasteiger partial charge in [0.05, 0.1) is 6.04 Å². The molecule has 5 nitrogen and oxygen atoms in total. The summed E-state index contributed by atoms with van der Waals surface area (Å²) in [6.45, 7) is 4.59. The number of aryl methyl sites for hydroxylation is 1. The first-order valence-electron chi connectivity index (χ1n) is 11.3. The van der Waals surface area contributed by atoms with E-state index in [1.54, 1.807) is 4.90 Å². The van der Waals surface area contributed by atoms with Crippen molar-refractivity contribution >= 4 is 27.5 Å². The van der Waals surface area contributed by atoms with E-state index in [0.717, 1.165) is 28.8 Å². The molecule has 0 radical (unpaired) electrons. The van der Waals surface area contributed by atoms with Crippen LogP contribution >= 0.6 is 15.9 Å². The van der Waals surface area contributed by atoms with Gasteiger partial charge in [-0.3, -0.25) is 9.69 Å². The van der Waals surface area contributed by atoms with E-state index in [0.29, 0.717) is 13.1 Å². The van der Waals surface area contributed by atoms with Crippen LogP contribution in [0.3, 0.4) is 0 Å². The van der Waals surface area contributed by atoms with Crippen LogP contribution in [-0.4, -0.2) is 41.9 Å². The van der Waals surface area contributed by atoms with Crippen LogP contribution in [0.5, 0.6) is 0 Å². The van der Waals surface area contributed by atoms with Crippen molar-refractivity contribution in [2.75, 3.05) is 31.5 Å². The zero-order valence-electron chi connectivity index (χ0n) is 19.1. The number of halogens is 1. The summed E-state index contributed by atoms with van der Waals surface area (Å²) in [7, 11) is 0. The Morgan fingerprint density at radius 1 is 0.971 bits per heavy atom. The number of rotatable bonds is 6. The van der Waals surface area contributed by atoms with E-state index in [-0.39, 0.29) is 17.5 Å². The molecule has 6 heteroatoms. The Labute approximate surface area is 209 Å². The van der Waals surface area contributed by atoms with Crippen molar-refractivity contribution in [3.05, 3.63) is 112 Å². The third kappa shape index (κ3) is 5.56. The summed E-state index contributed by atoms with van der Waals surface area (Å²) < 4.78 is 0.985. The second-order valence-corrected chi connectivity index (χ2v) is 9.24. The molecular formula is C28H27BrN4O. The van der Waals surface area contributed by atoms with Gasteiger partial charge in [0.1, 0.15) is 11.6 Å². The van der Waals surface area contributed by atoms with Crippen molar-refractivity contribution in [2.24, 2.45) is 0 Å². The molecule has 1 aliphatic rings. The van der Waals surface area contributed by atoms with E-state index in [9.17, 15) is 10.1 Å². The predicted octanol–water partition coefficient (Wildman–Crippen LogP) is 5.51. The average Bonchev–Trinajstić information content (AvgIpc) is 2.87. The highest BCUT2D eigenvalue weighted by Crippen LogP contribution is 2.29. The van der Waals surface area contributed by atoms with Gasteiger partial charge in [-0.1, -0.05) is 76.6 Å². The monoisotopic (exact) mass is 514 g/mol. The topological polar surface area (TPSA) is 59.4 Å². The second-order valence-electron chi connectivity index (χ2n) is 8.33. The highest BCUT2D eigenvalue weighted by Gasteiger charge is 2.29. The van der Waals surface area contributed by atoms with E-state index in [2.05, 4.69) is 80.7 Å². The Morgan fingerprint density at radius 2 is 1.56 bits per heavy atom. The lowest BCUT2D eigenvalue weighted by Crippen LogP contribution is -2.50. The molecule has 3 aromatic rings. The molecule has 0 aromatic heterocycles. The SMILES string of the molecule is Cc1cc(Br)ccc1N/C=C(/C#N)C(=O)N1CCN(C(c2ccccc2)c2ccccc2)CC1. The second kappa shape index (κ2) is 11.1. The molecule has 4 rings (SSSR count). The fourth-order valence-corrected chi connectivity index (χ4v) is 4.79. The van der Waals surface area contributed by atoms with Crippen LogP contribution in [0.25, 0.3) is 0 Å². The van der Waals surface area contributed by atoms with Crippen LogP contribution in [0.15, 0.2) is 95.1 Å². The minimum atomic E-state index is -0.236. The summed E-state index contributed by atoms with van der Waals surface area (Å²) in [5.41, 5.74) is 4.47. The number of amides is 1. The van der Waals surface area contributed by atoms with Crippen molar-refractivity contribution in [3.8, 4) is 6.07 Å². The number of nitrogens with zero attached hydrogens (tertiary/aromatic N) is 3. The summed E-state index contributed by atoms with van der Waals surface area (Å²) in [4.78, 5) is 17.3. The molecule has 0 atom stereocenters. The predicted molar refractivity (Wildman–Crippen MR) is 139 cm³/mol. The zero-order chi connectivity index (χ0) is 23.9. The summed E-state index contributed by atoms with van der Waals surface area (Å²) in [6, 6.07) is 29.0. The zero-order valence-corrected chi connectivity index (χ0v) is 20.7. The van der Waals surface area contributed by atoms with Gasteiger partial charge in [-0.05, 0) is 41.8 Å². The van der Waals surface area contributed by atoms with Gasteiger partial charge in [0.2, 0.25) is 0 Å². The number of hydrogen-bond acceptors (Lipinski definition) is 4. The van der Waals surface area contributed by atoms with Crippen molar-refractivity contribution in [1.82, 2.24) is 9.80 Å². The van der Waals surface area contributed by atoms with Crippen LogP contribution < -0.4 is 5.32 Å². The van der Waals surface area contributed by atoms with Crippen LogP contribution in [0.1, 0.15) is 22.7 Å². The van der Waals surface area contributed by atoms with E-state index < -0.39 is 0 Å².